The van der Waals surface area contributed by atoms with Gasteiger partial charge in [0.2, 0.25) is 17.7 Å². The zero-order valence-electron chi connectivity index (χ0n) is 18.3. The number of anilines is 1. The number of benzene rings is 2. The predicted molar refractivity (Wildman–Crippen MR) is 123 cm³/mol. The van der Waals surface area contributed by atoms with Crippen LogP contribution in [-0.2, 0) is 20.9 Å². The van der Waals surface area contributed by atoms with E-state index in [-0.39, 0.29) is 36.5 Å². The minimum Gasteiger partial charge on any atom is -0.355 e. The Morgan fingerprint density at radius 2 is 1.56 bits per heavy atom. The van der Waals surface area contributed by atoms with E-state index >= 15 is 0 Å². The number of piperazine rings is 1. The van der Waals surface area contributed by atoms with Gasteiger partial charge in [-0.1, -0.05) is 48.5 Å². The number of carbonyl (C=O) groups is 3. The zero-order valence-corrected chi connectivity index (χ0v) is 18.3. The molecule has 2 aliphatic rings. The Hall–Kier alpha value is -3.19. The monoisotopic (exact) mass is 434 g/mol. The fraction of sp³-hybridized carbons (Fsp3) is 0.400. The Balaban J connectivity index is 1.16. The smallest absolute Gasteiger partial charge is 0.227 e. The van der Waals surface area contributed by atoms with E-state index in [4.69, 9.17) is 0 Å². The lowest BCUT2D eigenvalue weighted by Crippen LogP contribution is -2.48. The summed E-state index contributed by atoms with van der Waals surface area (Å²) >= 11 is 0. The van der Waals surface area contributed by atoms with Crippen molar-refractivity contribution in [1.82, 2.24) is 15.1 Å². The molecule has 2 aromatic carbocycles. The summed E-state index contributed by atoms with van der Waals surface area (Å²) in [7, 11) is 0. The number of para-hydroxylation sites is 1. The number of nitrogens with one attached hydrogen (secondary N) is 1. The third-order valence-electron chi connectivity index (χ3n) is 6.18. The van der Waals surface area contributed by atoms with Crippen molar-refractivity contribution < 1.29 is 14.4 Å². The lowest BCUT2D eigenvalue weighted by molar-refractivity contribution is -0.133. The lowest BCUT2D eigenvalue weighted by Gasteiger charge is -2.34. The number of carbonyl (C=O) groups excluding carboxylic acids is 3. The van der Waals surface area contributed by atoms with Crippen molar-refractivity contribution in [3.05, 3.63) is 66.2 Å². The number of hydrogen-bond donors (Lipinski definition) is 1. The van der Waals surface area contributed by atoms with E-state index in [1.165, 1.54) is 5.56 Å². The summed E-state index contributed by atoms with van der Waals surface area (Å²) in [6.07, 6.45) is 0.492. The van der Waals surface area contributed by atoms with Crippen molar-refractivity contribution in [3.63, 3.8) is 0 Å². The quantitative estimate of drug-likeness (QED) is 0.722. The summed E-state index contributed by atoms with van der Waals surface area (Å²) in [5.74, 6) is -0.504. The average molecular weight is 435 g/mol. The first kappa shape index (κ1) is 22.0. The molecule has 2 fully saturated rings. The van der Waals surface area contributed by atoms with Gasteiger partial charge in [0, 0.05) is 64.3 Å². The first-order valence-electron chi connectivity index (χ1n) is 11.3. The van der Waals surface area contributed by atoms with Crippen molar-refractivity contribution >= 4 is 23.4 Å². The lowest BCUT2D eigenvalue weighted by atomic mass is 10.1. The van der Waals surface area contributed by atoms with Crippen molar-refractivity contribution in [2.45, 2.75) is 19.4 Å². The molecule has 32 heavy (non-hydrogen) atoms. The molecule has 3 amide bonds. The molecular weight excluding hydrogens is 404 g/mol. The van der Waals surface area contributed by atoms with Gasteiger partial charge in [-0.25, -0.2) is 0 Å². The van der Waals surface area contributed by atoms with Crippen LogP contribution in [0.25, 0.3) is 0 Å². The maximum atomic E-state index is 12.5. The van der Waals surface area contributed by atoms with Crippen molar-refractivity contribution in [2.24, 2.45) is 5.92 Å². The predicted octanol–water partition coefficient (Wildman–Crippen LogP) is 1.89. The van der Waals surface area contributed by atoms with Gasteiger partial charge in [0.15, 0.2) is 0 Å². The van der Waals surface area contributed by atoms with Gasteiger partial charge in [-0.05, 0) is 17.7 Å². The fourth-order valence-electron chi connectivity index (χ4n) is 4.33. The third-order valence-corrected chi connectivity index (χ3v) is 6.18. The van der Waals surface area contributed by atoms with Gasteiger partial charge in [-0.2, -0.15) is 0 Å². The molecule has 2 aromatic rings. The first-order valence-corrected chi connectivity index (χ1v) is 11.3. The van der Waals surface area contributed by atoms with Crippen LogP contribution < -0.4 is 10.2 Å². The van der Waals surface area contributed by atoms with Gasteiger partial charge in [0.25, 0.3) is 0 Å². The van der Waals surface area contributed by atoms with Crippen molar-refractivity contribution in [1.29, 1.82) is 0 Å². The van der Waals surface area contributed by atoms with E-state index in [0.717, 1.165) is 25.3 Å². The van der Waals surface area contributed by atoms with Crippen LogP contribution in [-0.4, -0.2) is 66.8 Å². The highest BCUT2D eigenvalue weighted by Gasteiger charge is 2.35. The molecular formula is C25H30N4O3. The minimum absolute atomic E-state index is 0.0409. The van der Waals surface area contributed by atoms with Crippen LogP contribution >= 0.6 is 0 Å². The van der Waals surface area contributed by atoms with E-state index in [1.54, 1.807) is 4.90 Å². The summed E-state index contributed by atoms with van der Waals surface area (Å²) < 4.78 is 0. The van der Waals surface area contributed by atoms with Crippen LogP contribution in [0.5, 0.6) is 0 Å². The van der Waals surface area contributed by atoms with E-state index < -0.39 is 0 Å². The topological polar surface area (TPSA) is 73.0 Å². The highest BCUT2D eigenvalue weighted by atomic mass is 16.2. The Morgan fingerprint density at radius 1 is 0.906 bits per heavy atom. The first-order chi connectivity index (χ1) is 15.6. The minimum atomic E-state index is -0.376. The molecule has 1 unspecified atom stereocenters. The third kappa shape index (κ3) is 5.53. The second-order valence-corrected chi connectivity index (χ2v) is 8.42. The molecule has 0 radical (unpaired) electrons. The second-order valence-electron chi connectivity index (χ2n) is 8.42. The number of hydrogen-bond acceptors (Lipinski definition) is 4. The summed E-state index contributed by atoms with van der Waals surface area (Å²) in [4.78, 5) is 43.3. The molecule has 4 rings (SSSR count). The fourth-order valence-corrected chi connectivity index (χ4v) is 4.33. The molecule has 1 atom stereocenters. The molecule has 2 saturated heterocycles. The van der Waals surface area contributed by atoms with Gasteiger partial charge in [-0.3, -0.25) is 19.3 Å². The molecule has 0 aliphatic carbocycles. The van der Waals surface area contributed by atoms with Crippen LogP contribution in [0.4, 0.5) is 5.69 Å². The van der Waals surface area contributed by atoms with Crippen LogP contribution in [0.1, 0.15) is 18.4 Å². The Labute approximate surface area is 189 Å². The summed E-state index contributed by atoms with van der Waals surface area (Å²) in [5.41, 5.74) is 2.10. The molecule has 7 nitrogen and oxygen atoms in total. The SMILES string of the molecule is O=C(NCCC(=O)N1CCN(Cc2ccccc2)CC1)C1CC(=O)N(c2ccccc2)C1. The number of amides is 3. The van der Waals surface area contributed by atoms with Crippen LogP contribution in [0, 0.1) is 5.92 Å². The zero-order chi connectivity index (χ0) is 22.3. The van der Waals surface area contributed by atoms with Crippen LogP contribution in [0.3, 0.4) is 0 Å². The standard InChI is InChI=1S/C25H30N4O3/c30-23(28-15-13-27(14-16-28)18-20-7-3-1-4-8-20)11-12-26-25(32)21-17-24(31)29(19-21)22-9-5-2-6-10-22/h1-10,21H,11-19H2,(H,26,32). The maximum absolute atomic E-state index is 12.5. The molecule has 7 heteroatoms. The molecule has 2 heterocycles. The molecule has 2 aliphatic heterocycles. The van der Waals surface area contributed by atoms with Gasteiger partial charge in [0.05, 0.1) is 5.92 Å². The van der Waals surface area contributed by atoms with Crippen LogP contribution in [0.2, 0.25) is 0 Å². The van der Waals surface area contributed by atoms with E-state index in [9.17, 15) is 14.4 Å². The van der Waals surface area contributed by atoms with E-state index in [0.29, 0.717) is 26.2 Å². The molecule has 168 valence electrons. The molecule has 0 bridgehead atoms. The van der Waals surface area contributed by atoms with Crippen LogP contribution in [0.15, 0.2) is 60.7 Å². The number of nitrogens with zero attached hydrogens (tertiary/aromatic N) is 3. The summed E-state index contributed by atoms with van der Waals surface area (Å²) in [6, 6.07) is 19.7. The van der Waals surface area contributed by atoms with Gasteiger partial charge >= 0.3 is 0 Å². The highest BCUT2D eigenvalue weighted by molar-refractivity contribution is 6.00. The molecule has 0 spiro atoms. The average Bonchev–Trinajstić information content (AvgIpc) is 3.22. The van der Waals surface area contributed by atoms with E-state index in [2.05, 4.69) is 22.3 Å². The Morgan fingerprint density at radius 3 is 2.25 bits per heavy atom. The largest absolute Gasteiger partial charge is 0.355 e. The van der Waals surface area contributed by atoms with Crippen molar-refractivity contribution in [3.8, 4) is 0 Å². The van der Waals surface area contributed by atoms with Gasteiger partial charge < -0.3 is 15.1 Å². The summed E-state index contributed by atoms with van der Waals surface area (Å²) in [6.45, 7) is 4.72. The normalized spacial score (nSPS) is 19.2. The second kappa shape index (κ2) is 10.4. The van der Waals surface area contributed by atoms with Crippen molar-refractivity contribution in [2.75, 3.05) is 44.2 Å². The van der Waals surface area contributed by atoms with Gasteiger partial charge in [0.1, 0.15) is 0 Å². The Kier molecular flexibility index (Phi) is 7.17. The summed E-state index contributed by atoms with van der Waals surface area (Å²) in [5, 5.41) is 2.85. The van der Waals surface area contributed by atoms with Gasteiger partial charge in [-0.15, -0.1) is 0 Å². The number of rotatable bonds is 7. The molecule has 1 N–H and O–H groups in total. The highest BCUT2D eigenvalue weighted by Crippen LogP contribution is 2.24. The maximum Gasteiger partial charge on any atom is 0.227 e. The Bertz CT molecular complexity index is 927. The molecule has 0 saturated carbocycles. The molecule has 0 aromatic heterocycles. The van der Waals surface area contributed by atoms with E-state index in [1.807, 2.05) is 53.4 Å².